The van der Waals surface area contributed by atoms with Gasteiger partial charge in [-0.25, -0.2) is 9.78 Å². The molecular weight excluding hydrogens is 438 g/mol. The Kier molecular flexibility index (Phi) is 6.24. The Labute approximate surface area is 187 Å². The van der Waals surface area contributed by atoms with Crippen LogP contribution in [0.25, 0.3) is 10.3 Å². The number of rotatable bonds is 6. The first kappa shape index (κ1) is 21.3. The highest BCUT2D eigenvalue weighted by Gasteiger charge is 2.22. The largest absolute Gasteiger partial charge is 0.348 e. The lowest BCUT2D eigenvalue weighted by Gasteiger charge is -2.25. The van der Waals surface area contributed by atoms with E-state index in [1.807, 2.05) is 0 Å². The van der Waals surface area contributed by atoms with E-state index < -0.39 is 17.2 Å². The Morgan fingerprint density at radius 2 is 1.87 bits per heavy atom. The van der Waals surface area contributed by atoms with Crippen molar-refractivity contribution in [2.75, 3.05) is 23.3 Å². The summed E-state index contributed by atoms with van der Waals surface area (Å²) in [5.74, 6) is -0.401. The standard InChI is InChI=1S/C21H22ClN5O3S/c1-2-10-26-19(29)17-18(24-20(31-17)25-11-4-3-5-12-25)27(21(26)30)13-16(28)23-15-8-6-14(22)7-9-15/h2,6-9H,1,3-5,10-13H2,(H,23,28). The lowest BCUT2D eigenvalue weighted by Crippen LogP contribution is -2.41. The lowest BCUT2D eigenvalue weighted by atomic mass is 10.1. The first-order valence-corrected chi connectivity index (χ1v) is 11.2. The van der Waals surface area contributed by atoms with Gasteiger partial charge in [0.1, 0.15) is 11.2 Å². The Bertz CT molecular complexity index is 1240. The van der Waals surface area contributed by atoms with E-state index >= 15 is 0 Å². The van der Waals surface area contributed by atoms with Crippen molar-refractivity contribution in [3.63, 3.8) is 0 Å². The first-order chi connectivity index (χ1) is 15.0. The molecule has 1 aliphatic heterocycles. The van der Waals surface area contributed by atoms with E-state index in [1.54, 1.807) is 24.3 Å². The van der Waals surface area contributed by atoms with Crippen LogP contribution in [0.1, 0.15) is 19.3 Å². The molecule has 1 fully saturated rings. The molecule has 8 nitrogen and oxygen atoms in total. The Morgan fingerprint density at radius 3 is 2.55 bits per heavy atom. The number of anilines is 2. The third kappa shape index (κ3) is 4.42. The molecule has 1 N–H and O–H groups in total. The number of carbonyl (C=O) groups is 1. The fourth-order valence-electron chi connectivity index (χ4n) is 3.60. The minimum absolute atomic E-state index is 0.0589. The van der Waals surface area contributed by atoms with Crippen molar-refractivity contribution in [2.24, 2.45) is 0 Å². The van der Waals surface area contributed by atoms with Gasteiger partial charge in [0.25, 0.3) is 5.56 Å². The van der Waals surface area contributed by atoms with E-state index in [0.29, 0.717) is 20.5 Å². The second kappa shape index (κ2) is 9.07. The van der Waals surface area contributed by atoms with Crippen LogP contribution in [-0.4, -0.2) is 33.1 Å². The summed E-state index contributed by atoms with van der Waals surface area (Å²) in [7, 11) is 0. The summed E-state index contributed by atoms with van der Waals surface area (Å²) in [4.78, 5) is 45.4. The van der Waals surface area contributed by atoms with Gasteiger partial charge in [0.05, 0.1) is 0 Å². The lowest BCUT2D eigenvalue weighted by molar-refractivity contribution is -0.116. The Hall–Kier alpha value is -2.91. The van der Waals surface area contributed by atoms with Gasteiger partial charge in [-0.3, -0.25) is 18.7 Å². The summed E-state index contributed by atoms with van der Waals surface area (Å²) in [5, 5.41) is 4.01. The van der Waals surface area contributed by atoms with E-state index in [1.165, 1.54) is 28.4 Å². The van der Waals surface area contributed by atoms with Crippen molar-refractivity contribution in [3.05, 3.63) is 62.8 Å². The molecule has 4 rings (SSSR count). The number of hydrogen-bond acceptors (Lipinski definition) is 6. The number of thiazole rings is 1. The predicted molar refractivity (Wildman–Crippen MR) is 124 cm³/mol. The van der Waals surface area contributed by atoms with Gasteiger partial charge in [-0.05, 0) is 43.5 Å². The molecule has 3 heterocycles. The maximum absolute atomic E-state index is 13.0. The van der Waals surface area contributed by atoms with E-state index in [-0.39, 0.29) is 18.7 Å². The smallest absolute Gasteiger partial charge is 0.333 e. The highest BCUT2D eigenvalue weighted by molar-refractivity contribution is 7.22. The van der Waals surface area contributed by atoms with Crippen LogP contribution in [0, 0.1) is 0 Å². The second-order valence-electron chi connectivity index (χ2n) is 7.33. The number of nitrogens with zero attached hydrogens (tertiary/aromatic N) is 4. The summed E-state index contributed by atoms with van der Waals surface area (Å²) in [5.41, 5.74) is -0.188. The monoisotopic (exact) mass is 459 g/mol. The molecule has 0 saturated carbocycles. The molecule has 0 unspecified atom stereocenters. The van der Waals surface area contributed by atoms with Gasteiger partial charge in [0.2, 0.25) is 5.91 Å². The van der Waals surface area contributed by atoms with Crippen LogP contribution in [0.2, 0.25) is 5.02 Å². The van der Waals surface area contributed by atoms with E-state index in [4.69, 9.17) is 11.6 Å². The molecule has 31 heavy (non-hydrogen) atoms. The maximum atomic E-state index is 13.0. The fourth-order valence-corrected chi connectivity index (χ4v) is 4.80. The molecule has 2 aromatic heterocycles. The van der Waals surface area contributed by atoms with Crippen molar-refractivity contribution in [3.8, 4) is 0 Å². The molecule has 162 valence electrons. The summed E-state index contributed by atoms with van der Waals surface area (Å²) in [6.07, 6.45) is 4.78. The van der Waals surface area contributed by atoms with Gasteiger partial charge in [-0.15, -0.1) is 6.58 Å². The van der Waals surface area contributed by atoms with Crippen molar-refractivity contribution in [2.45, 2.75) is 32.4 Å². The third-order valence-corrected chi connectivity index (χ3v) is 6.47. The van der Waals surface area contributed by atoms with Crippen LogP contribution >= 0.6 is 22.9 Å². The molecule has 3 aromatic rings. The van der Waals surface area contributed by atoms with Crippen LogP contribution in [0.15, 0.2) is 46.5 Å². The van der Waals surface area contributed by atoms with Crippen LogP contribution in [0.5, 0.6) is 0 Å². The quantitative estimate of drug-likeness (QED) is 0.572. The maximum Gasteiger partial charge on any atom is 0.333 e. The zero-order valence-corrected chi connectivity index (χ0v) is 18.4. The van der Waals surface area contributed by atoms with Gasteiger partial charge in [-0.2, -0.15) is 0 Å². The second-order valence-corrected chi connectivity index (χ2v) is 8.74. The number of hydrogen-bond donors (Lipinski definition) is 1. The molecule has 1 saturated heterocycles. The van der Waals surface area contributed by atoms with E-state index in [2.05, 4.69) is 21.8 Å². The summed E-state index contributed by atoms with van der Waals surface area (Å²) < 4.78 is 2.71. The molecule has 1 aliphatic rings. The van der Waals surface area contributed by atoms with Crippen molar-refractivity contribution in [1.82, 2.24) is 14.1 Å². The molecule has 0 bridgehead atoms. The SMILES string of the molecule is C=CCn1c(=O)c2sc(N3CCCCC3)nc2n(CC(=O)Nc2ccc(Cl)cc2)c1=O. The number of benzene rings is 1. The highest BCUT2D eigenvalue weighted by atomic mass is 35.5. The van der Waals surface area contributed by atoms with E-state index in [9.17, 15) is 14.4 Å². The molecule has 0 spiro atoms. The van der Waals surface area contributed by atoms with Gasteiger partial charge < -0.3 is 10.2 Å². The van der Waals surface area contributed by atoms with Gasteiger partial charge in [0.15, 0.2) is 10.8 Å². The summed E-state index contributed by atoms with van der Waals surface area (Å²) in [6.45, 7) is 5.15. The number of amides is 1. The molecule has 0 aliphatic carbocycles. The molecule has 1 amide bonds. The fraction of sp³-hybridized carbons (Fsp3) is 0.333. The molecule has 0 atom stereocenters. The molecular formula is C21H22ClN5O3S. The van der Waals surface area contributed by atoms with Crippen molar-refractivity contribution < 1.29 is 4.79 Å². The predicted octanol–water partition coefficient (Wildman–Crippen LogP) is 3.09. The number of carbonyl (C=O) groups excluding carboxylic acids is 1. The number of fused-ring (bicyclic) bond motifs is 1. The molecule has 0 radical (unpaired) electrons. The highest BCUT2D eigenvalue weighted by Crippen LogP contribution is 2.28. The average Bonchev–Trinajstić information content (AvgIpc) is 3.22. The number of piperidine rings is 1. The van der Waals surface area contributed by atoms with Crippen molar-refractivity contribution in [1.29, 1.82) is 0 Å². The molecule has 1 aromatic carbocycles. The number of aromatic nitrogens is 3. The van der Waals surface area contributed by atoms with Crippen molar-refractivity contribution >= 4 is 50.0 Å². The van der Waals surface area contributed by atoms with Gasteiger partial charge in [-0.1, -0.05) is 29.0 Å². The zero-order valence-electron chi connectivity index (χ0n) is 16.8. The number of halogens is 1. The minimum atomic E-state index is -0.584. The van der Waals surface area contributed by atoms with Crippen LogP contribution in [-0.2, 0) is 17.9 Å². The molecule has 10 heteroatoms. The topological polar surface area (TPSA) is 89.2 Å². The van der Waals surface area contributed by atoms with Crippen LogP contribution < -0.4 is 21.5 Å². The van der Waals surface area contributed by atoms with Crippen LogP contribution in [0.3, 0.4) is 0 Å². The van der Waals surface area contributed by atoms with Gasteiger partial charge >= 0.3 is 5.69 Å². The Morgan fingerprint density at radius 1 is 1.16 bits per heavy atom. The Balaban J connectivity index is 1.74. The average molecular weight is 460 g/mol. The van der Waals surface area contributed by atoms with Crippen LogP contribution in [0.4, 0.5) is 10.8 Å². The minimum Gasteiger partial charge on any atom is -0.348 e. The zero-order chi connectivity index (χ0) is 22.0. The number of nitrogens with one attached hydrogen (secondary N) is 1. The summed E-state index contributed by atoms with van der Waals surface area (Å²) in [6, 6.07) is 6.68. The normalized spacial score (nSPS) is 14.0. The summed E-state index contributed by atoms with van der Waals surface area (Å²) >= 11 is 7.15. The van der Waals surface area contributed by atoms with Gasteiger partial charge in [0, 0.05) is 30.3 Å². The first-order valence-electron chi connectivity index (χ1n) is 10.0. The van der Waals surface area contributed by atoms with E-state index in [0.717, 1.165) is 30.5 Å². The number of allylic oxidation sites excluding steroid dienone is 1. The third-order valence-electron chi connectivity index (χ3n) is 5.12.